The number of amides is 1. The highest BCUT2D eigenvalue weighted by molar-refractivity contribution is 6.31. The minimum absolute atomic E-state index is 0.0203. The van der Waals surface area contributed by atoms with E-state index in [-0.39, 0.29) is 24.0 Å². The van der Waals surface area contributed by atoms with E-state index in [1.54, 1.807) is 4.90 Å². The molecule has 1 atom stereocenters. The van der Waals surface area contributed by atoms with Crippen LogP contribution in [0.5, 0.6) is 0 Å². The van der Waals surface area contributed by atoms with Crippen molar-refractivity contribution in [1.82, 2.24) is 0 Å². The third kappa shape index (κ3) is 3.14. The van der Waals surface area contributed by atoms with E-state index in [4.69, 9.17) is 11.6 Å². The van der Waals surface area contributed by atoms with Crippen LogP contribution in [0.2, 0.25) is 5.02 Å². The summed E-state index contributed by atoms with van der Waals surface area (Å²) in [5.74, 6) is -0.0146. The summed E-state index contributed by atoms with van der Waals surface area (Å²) in [6.07, 6.45) is 2.32. The summed E-state index contributed by atoms with van der Waals surface area (Å²) >= 11 is 6.25. The number of rotatable bonds is 2. The molecule has 0 aromatic heterocycles. The average Bonchev–Trinajstić information content (AvgIpc) is 2.75. The van der Waals surface area contributed by atoms with Crippen molar-refractivity contribution in [1.29, 1.82) is 0 Å². The van der Waals surface area contributed by atoms with Gasteiger partial charge in [0.2, 0.25) is 5.91 Å². The number of allylic oxidation sites excluding steroid dienone is 2. The van der Waals surface area contributed by atoms with Gasteiger partial charge in [0.25, 0.3) is 0 Å². The second kappa shape index (κ2) is 7.41. The van der Waals surface area contributed by atoms with E-state index >= 15 is 0 Å². The van der Waals surface area contributed by atoms with Gasteiger partial charge in [-0.15, -0.1) is 0 Å². The molecule has 3 aromatic rings. The number of Topliss-reactive ketones (excluding diaryl/α,β-unsaturated/α-hetero) is 1. The Hall–Kier alpha value is -2.91. The molecule has 0 saturated heterocycles. The highest BCUT2D eigenvalue weighted by Gasteiger charge is 2.40. The molecule has 3 aromatic carbocycles. The first-order valence-electron chi connectivity index (χ1n) is 10.4. The zero-order chi connectivity index (χ0) is 20.8. The average molecular weight is 416 g/mol. The molecule has 0 fully saturated rings. The molecule has 0 N–H and O–H groups in total. The number of halogens is 1. The van der Waals surface area contributed by atoms with Crippen molar-refractivity contribution in [3.8, 4) is 0 Å². The second-order valence-electron chi connectivity index (χ2n) is 8.16. The lowest BCUT2D eigenvalue weighted by atomic mass is 9.76. The summed E-state index contributed by atoms with van der Waals surface area (Å²) < 4.78 is 0. The third-order valence-corrected chi connectivity index (χ3v) is 6.50. The number of fused-ring (bicyclic) bond motifs is 1. The number of hydrogen-bond acceptors (Lipinski definition) is 2. The van der Waals surface area contributed by atoms with Crippen molar-refractivity contribution in [3.63, 3.8) is 0 Å². The number of anilines is 1. The van der Waals surface area contributed by atoms with Gasteiger partial charge in [-0.05, 0) is 53.8 Å². The van der Waals surface area contributed by atoms with Gasteiger partial charge >= 0.3 is 0 Å². The zero-order valence-electron chi connectivity index (χ0n) is 16.8. The van der Waals surface area contributed by atoms with Gasteiger partial charge in [0, 0.05) is 35.1 Å². The molecule has 0 radical (unpaired) electrons. The Morgan fingerprint density at radius 3 is 2.57 bits per heavy atom. The highest BCUT2D eigenvalue weighted by Crippen LogP contribution is 2.44. The predicted molar refractivity (Wildman–Crippen MR) is 121 cm³/mol. The third-order valence-electron chi connectivity index (χ3n) is 6.26. The van der Waals surface area contributed by atoms with Crippen molar-refractivity contribution < 1.29 is 9.59 Å². The number of ketones is 1. The van der Waals surface area contributed by atoms with E-state index in [0.29, 0.717) is 11.4 Å². The van der Waals surface area contributed by atoms with E-state index in [1.807, 2.05) is 37.3 Å². The molecular formula is C26H22ClNO2. The topological polar surface area (TPSA) is 37.4 Å². The maximum absolute atomic E-state index is 13.4. The summed E-state index contributed by atoms with van der Waals surface area (Å²) in [6.45, 7) is 1.97. The van der Waals surface area contributed by atoms with E-state index < -0.39 is 0 Å². The van der Waals surface area contributed by atoms with Crippen molar-refractivity contribution >= 4 is 39.8 Å². The first kappa shape index (κ1) is 19.1. The Labute approximate surface area is 181 Å². The Morgan fingerprint density at radius 1 is 0.933 bits per heavy atom. The lowest BCUT2D eigenvalue weighted by molar-refractivity contribution is -0.119. The fourth-order valence-corrected chi connectivity index (χ4v) is 4.97. The van der Waals surface area contributed by atoms with Crippen molar-refractivity contribution in [2.45, 2.75) is 38.5 Å². The smallest absolute Gasteiger partial charge is 0.232 e. The predicted octanol–water partition coefficient (Wildman–Crippen LogP) is 6.33. The summed E-state index contributed by atoms with van der Waals surface area (Å²) in [7, 11) is 0. The quantitative estimate of drug-likeness (QED) is 0.490. The summed E-state index contributed by atoms with van der Waals surface area (Å²) in [6, 6.07) is 20.0. The Bertz CT molecular complexity index is 1230. The van der Waals surface area contributed by atoms with Crippen molar-refractivity contribution in [2.24, 2.45) is 0 Å². The molecule has 0 saturated carbocycles. The van der Waals surface area contributed by atoms with E-state index in [9.17, 15) is 9.59 Å². The maximum Gasteiger partial charge on any atom is 0.232 e. The summed E-state index contributed by atoms with van der Waals surface area (Å²) in [5.41, 5.74) is 4.45. The zero-order valence-corrected chi connectivity index (χ0v) is 17.6. The minimum atomic E-state index is -0.194. The normalized spacial score (nSPS) is 19.4. The van der Waals surface area contributed by atoms with Crippen LogP contribution in [0.4, 0.5) is 5.69 Å². The monoisotopic (exact) mass is 415 g/mol. The fraction of sp³-hybridized carbons (Fsp3) is 0.231. The molecule has 4 heteroatoms. The standard InChI is InChI=1S/C26H22ClNO2/c1-16-9-12-20(27)14-23(16)28-22-7-4-8-24(29)26(22)21(15-25(28)30)19-11-10-17-5-2-3-6-18(17)13-19/h2-3,5-6,9-14,21H,4,7-8,15H2,1H3. The molecule has 2 aliphatic rings. The lowest BCUT2D eigenvalue weighted by Gasteiger charge is -2.39. The first-order valence-corrected chi connectivity index (χ1v) is 10.7. The van der Waals surface area contributed by atoms with Crippen LogP contribution >= 0.6 is 11.6 Å². The highest BCUT2D eigenvalue weighted by atomic mass is 35.5. The van der Waals surface area contributed by atoms with E-state index in [1.165, 1.54) is 0 Å². The molecule has 1 aliphatic carbocycles. The van der Waals surface area contributed by atoms with Crippen LogP contribution in [-0.2, 0) is 9.59 Å². The fourth-order valence-electron chi connectivity index (χ4n) is 4.81. The van der Waals surface area contributed by atoms with Crippen molar-refractivity contribution in [3.05, 3.63) is 88.1 Å². The van der Waals surface area contributed by atoms with Gasteiger partial charge in [-0.3, -0.25) is 14.5 Å². The molecule has 5 rings (SSSR count). The van der Waals surface area contributed by atoms with Crippen LogP contribution in [0.3, 0.4) is 0 Å². The summed E-state index contributed by atoms with van der Waals surface area (Å²) in [4.78, 5) is 28.2. The molecule has 1 heterocycles. The van der Waals surface area contributed by atoms with Gasteiger partial charge in [0.05, 0.1) is 5.69 Å². The van der Waals surface area contributed by atoms with Gasteiger partial charge in [-0.25, -0.2) is 0 Å². The van der Waals surface area contributed by atoms with Crippen LogP contribution in [0.15, 0.2) is 71.9 Å². The maximum atomic E-state index is 13.4. The van der Waals surface area contributed by atoms with Gasteiger partial charge < -0.3 is 0 Å². The Balaban J connectivity index is 1.68. The number of aryl methyl sites for hydroxylation is 1. The minimum Gasteiger partial charge on any atom is -0.294 e. The number of carbonyl (C=O) groups excluding carboxylic acids is 2. The van der Waals surface area contributed by atoms with Crippen LogP contribution in [-0.4, -0.2) is 11.7 Å². The molecule has 0 spiro atoms. The molecule has 1 unspecified atom stereocenters. The van der Waals surface area contributed by atoms with Gasteiger partial charge in [0.15, 0.2) is 5.78 Å². The summed E-state index contributed by atoms with van der Waals surface area (Å²) in [5, 5.41) is 2.87. The van der Waals surface area contributed by atoms with Crippen molar-refractivity contribution in [2.75, 3.05) is 4.90 Å². The molecule has 3 nitrogen and oxygen atoms in total. The van der Waals surface area contributed by atoms with E-state index in [2.05, 4.69) is 30.3 Å². The van der Waals surface area contributed by atoms with Crippen LogP contribution in [0.25, 0.3) is 10.8 Å². The van der Waals surface area contributed by atoms with Crippen LogP contribution in [0.1, 0.15) is 42.7 Å². The molecule has 30 heavy (non-hydrogen) atoms. The number of nitrogens with zero attached hydrogens (tertiary/aromatic N) is 1. The number of benzene rings is 3. The Morgan fingerprint density at radius 2 is 1.73 bits per heavy atom. The van der Waals surface area contributed by atoms with Gasteiger partial charge in [-0.2, -0.15) is 0 Å². The molecule has 1 amide bonds. The lowest BCUT2D eigenvalue weighted by Crippen LogP contribution is -2.40. The molecule has 150 valence electrons. The van der Waals surface area contributed by atoms with Crippen LogP contribution < -0.4 is 4.90 Å². The van der Waals surface area contributed by atoms with E-state index in [0.717, 1.165) is 51.7 Å². The second-order valence-corrected chi connectivity index (χ2v) is 8.60. The number of carbonyl (C=O) groups is 2. The number of hydrogen-bond donors (Lipinski definition) is 0. The Kier molecular flexibility index (Phi) is 4.71. The van der Waals surface area contributed by atoms with Gasteiger partial charge in [0.1, 0.15) is 0 Å². The SMILES string of the molecule is Cc1ccc(Cl)cc1N1C(=O)CC(c2ccc3ccccc3c2)C2=C1CCCC2=O. The molecule has 0 bridgehead atoms. The first-order chi connectivity index (χ1) is 14.5. The molecular weight excluding hydrogens is 394 g/mol. The van der Waals surface area contributed by atoms with Gasteiger partial charge in [-0.1, -0.05) is 60.1 Å². The van der Waals surface area contributed by atoms with Crippen LogP contribution in [0, 0.1) is 6.92 Å². The largest absolute Gasteiger partial charge is 0.294 e. The molecule has 1 aliphatic heterocycles.